The number of ether oxygens (including phenoxy) is 3. The Bertz CT molecular complexity index is 1310. The lowest BCUT2D eigenvalue weighted by Crippen LogP contribution is -2.32. The maximum atomic E-state index is 12.7. The molecule has 2 aromatic heterocycles. The second-order valence-electron chi connectivity index (χ2n) is 7.72. The van der Waals surface area contributed by atoms with Crippen molar-refractivity contribution in [3.8, 4) is 0 Å². The molecule has 0 saturated carbocycles. The van der Waals surface area contributed by atoms with Gasteiger partial charge in [0.15, 0.2) is 11.5 Å². The molecule has 1 aliphatic rings. The maximum absolute atomic E-state index is 12.7. The fourth-order valence-corrected chi connectivity index (χ4v) is 3.82. The molecule has 0 aliphatic carbocycles. The fourth-order valence-electron chi connectivity index (χ4n) is 3.82. The van der Waals surface area contributed by atoms with Crippen LogP contribution in [0.2, 0.25) is 0 Å². The summed E-state index contributed by atoms with van der Waals surface area (Å²) >= 11 is 0. The summed E-state index contributed by atoms with van der Waals surface area (Å²) in [6.45, 7) is -0.0965. The number of aromatic nitrogens is 4. The molecule has 2 aromatic carbocycles. The third-order valence-electron chi connectivity index (χ3n) is 5.53. The first-order chi connectivity index (χ1) is 16.6. The van der Waals surface area contributed by atoms with Gasteiger partial charge in [0.1, 0.15) is 36.9 Å². The first-order valence-corrected chi connectivity index (χ1v) is 10.7. The first kappa shape index (κ1) is 21.5. The normalized spacial score (nSPS) is 19.7. The van der Waals surface area contributed by atoms with E-state index in [0.29, 0.717) is 28.7 Å². The van der Waals surface area contributed by atoms with E-state index in [-0.39, 0.29) is 12.4 Å². The lowest BCUT2D eigenvalue weighted by atomic mass is 10.1. The van der Waals surface area contributed by atoms with Crippen LogP contribution in [0.4, 0.5) is 5.82 Å². The van der Waals surface area contributed by atoms with Crippen LogP contribution in [0.25, 0.3) is 11.2 Å². The summed E-state index contributed by atoms with van der Waals surface area (Å²) in [7, 11) is 0. The predicted molar refractivity (Wildman–Crippen MR) is 121 cm³/mol. The Kier molecular flexibility index (Phi) is 5.88. The quantitative estimate of drug-likeness (QED) is 0.432. The molecule has 5 rings (SSSR count). The van der Waals surface area contributed by atoms with Crippen molar-refractivity contribution in [2.45, 2.75) is 24.9 Å². The lowest BCUT2D eigenvalue weighted by Gasteiger charge is -2.19. The number of benzene rings is 2. The maximum Gasteiger partial charge on any atom is 0.338 e. The van der Waals surface area contributed by atoms with Crippen molar-refractivity contribution in [3.63, 3.8) is 0 Å². The highest BCUT2D eigenvalue weighted by Gasteiger charge is 2.40. The standard InChI is InChI=1S/C24H21N5O5/c25-21-20-22(27-13-26-21)29(14-28-20)19-11-17(34-24(31)16-9-5-2-6-10-16)18(33-19)12-32-23(30)15-7-3-1-4-8-15/h1-10,13-14,17-19H,11-12H2,(H2,25,26,27)/t17-,18+,19+/m0/s1. The monoisotopic (exact) mass is 459 g/mol. The number of anilines is 1. The van der Waals surface area contributed by atoms with E-state index in [9.17, 15) is 9.59 Å². The number of rotatable bonds is 6. The molecule has 1 saturated heterocycles. The minimum atomic E-state index is -0.693. The molecule has 1 aliphatic heterocycles. The average Bonchev–Trinajstić information content (AvgIpc) is 3.48. The van der Waals surface area contributed by atoms with Gasteiger partial charge in [0.05, 0.1) is 17.5 Å². The highest BCUT2D eigenvalue weighted by atomic mass is 16.6. The summed E-state index contributed by atoms with van der Waals surface area (Å²) in [6.07, 6.45) is 1.28. The Labute approximate surface area is 194 Å². The number of nitrogens with zero attached hydrogens (tertiary/aromatic N) is 4. The smallest absolute Gasteiger partial charge is 0.338 e. The van der Waals surface area contributed by atoms with Gasteiger partial charge in [-0.25, -0.2) is 24.5 Å². The Hall–Kier alpha value is -4.31. The Morgan fingerprint density at radius 2 is 1.65 bits per heavy atom. The Balaban J connectivity index is 1.36. The van der Waals surface area contributed by atoms with Crippen molar-refractivity contribution in [2.75, 3.05) is 12.3 Å². The van der Waals surface area contributed by atoms with E-state index in [4.69, 9.17) is 19.9 Å². The van der Waals surface area contributed by atoms with E-state index in [0.717, 1.165) is 0 Å². The highest BCUT2D eigenvalue weighted by molar-refractivity contribution is 5.90. The van der Waals surface area contributed by atoms with Gasteiger partial charge in [-0.3, -0.25) is 4.57 Å². The summed E-state index contributed by atoms with van der Waals surface area (Å²) in [5.41, 5.74) is 7.67. The summed E-state index contributed by atoms with van der Waals surface area (Å²) in [5, 5.41) is 0. The van der Waals surface area contributed by atoms with Crippen LogP contribution in [0.1, 0.15) is 33.4 Å². The molecule has 10 heteroatoms. The van der Waals surface area contributed by atoms with E-state index < -0.39 is 30.4 Å². The molecule has 10 nitrogen and oxygen atoms in total. The Morgan fingerprint density at radius 3 is 2.35 bits per heavy atom. The van der Waals surface area contributed by atoms with Crippen LogP contribution >= 0.6 is 0 Å². The summed E-state index contributed by atoms with van der Waals surface area (Å²) in [5.74, 6) is -0.729. The molecule has 0 bridgehead atoms. The van der Waals surface area contributed by atoms with Crippen molar-refractivity contribution >= 4 is 28.9 Å². The molecular formula is C24H21N5O5. The molecule has 172 valence electrons. The van der Waals surface area contributed by atoms with Crippen molar-refractivity contribution in [1.82, 2.24) is 19.5 Å². The first-order valence-electron chi connectivity index (χ1n) is 10.7. The molecule has 0 unspecified atom stereocenters. The number of imidazole rings is 1. The number of nitrogen functional groups attached to an aromatic ring is 1. The molecular weight excluding hydrogens is 438 g/mol. The number of fused-ring (bicyclic) bond motifs is 1. The van der Waals surface area contributed by atoms with E-state index in [1.54, 1.807) is 59.4 Å². The fraction of sp³-hybridized carbons (Fsp3) is 0.208. The molecule has 4 aromatic rings. The zero-order valence-corrected chi connectivity index (χ0v) is 18.0. The summed E-state index contributed by atoms with van der Waals surface area (Å²) in [6, 6.07) is 17.3. The molecule has 34 heavy (non-hydrogen) atoms. The van der Waals surface area contributed by atoms with Crippen LogP contribution in [-0.4, -0.2) is 50.3 Å². The number of carbonyl (C=O) groups excluding carboxylic acids is 2. The van der Waals surface area contributed by atoms with Gasteiger partial charge < -0.3 is 19.9 Å². The van der Waals surface area contributed by atoms with Crippen LogP contribution in [-0.2, 0) is 14.2 Å². The summed E-state index contributed by atoms with van der Waals surface area (Å²) < 4.78 is 19.1. The average molecular weight is 459 g/mol. The molecule has 2 N–H and O–H groups in total. The Morgan fingerprint density at radius 1 is 0.971 bits per heavy atom. The number of nitrogens with two attached hydrogens (primary N) is 1. The van der Waals surface area contributed by atoms with Crippen molar-refractivity contribution in [2.24, 2.45) is 0 Å². The zero-order chi connectivity index (χ0) is 23.5. The van der Waals surface area contributed by atoms with Gasteiger partial charge in [-0.05, 0) is 24.3 Å². The van der Waals surface area contributed by atoms with E-state index >= 15 is 0 Å². The zero-order valence-electron chi connectivity index (χ0n) is 18.0. The SMILES string of the molecule is Nc1ncnc2c1ncn2[C@H]1C[C@H](OC(=O)c2ccccc2)[C@@H](COC(=O)c2ccccc2)O1. The molecule has 1 fully saturated rings. The van der Waals surface area contributed by atoms with Crippen LogP contribution in [0.15, 0.2) is 73.3 Å². The van der Waals surface area contributed by atoms with Gasteiger partial charge in [0.2, 0.25) is 0 Å². The lowest BCUT2D eigenvalue weighted by molar-refractivity contribution is -0.0563. The molecule has 0 amide bonds. The number of hydrogen-bond acceptors (Lipinski definition) is 9. The molecule has 0 radical (unpaired) electrons. The second-order valence-corrected chi connectivity index (χ2v) is 7.72. The third kappa shape index (κ3) is 4.30. The van der Waals surface area contributed by atoms with Gasteiger partial charge in [-0.2, -0.15) is 0 Å². The van der Waals surface area contributed by atoms with Gasteiger partial charge in [-0.1, -0.05) is 36.4 Å². The molecule has 3 heterocycles. The van der Waals surface area contributed by atoms with Gasteiger partial charge in [0, 0.05) is 6.42 Å². The van der Waals surface area contributed by atoms with E-state index in [1.807, 2.05) is 12.1 Å². The largest absolute Gasteiger partial charge is 0.459 e. The molecule has 0 spiro atoms. The van der Waals surface area contributed by atoms with Gasteiger partial charge in [0.25, 0.3) is 0 Å². The van der Waals surface area contributed by atoms with Crippen LogP contribution in [0.3, 0.4) is 0 Å². The third-order valence-corrected chi connectivity index (χ3v) is 5.53. The minimum absolute atomic E-state index is 0.0965. The van der Waals surface area contributed by atoms with Crippen LogP contribution in [0, 0.1) is 0 Å². The van der Waals surface area contributed by atoms with Crippen molar-refractivity contribution in [3.05, 3.63) is 84.4 Å². The van der Waals surface area contributed by atoms with E-state index in [1.165, 1.54) is 6.33 Å². The summed E-state index contributed by atoms with van der Waals surface area (Å²) in [4.78, 5) is 37.6. The number of esters is 2. The predicted octanol–water partition coefficient (Wildman–Crippen LogP) is 2.78. The topological polar surface area (TPSA) is 131 Å². The van der Waals surface area contributed by atoms with E-state index in [2.05, 4.69) is 15.0 Å². The van der Waals surface area contributed by atoms with Gasteiger partial charge >= 0.3 is 11.9 Å². The van der Waals surface area contributed by atoms with Crippen LogP contribution in [0.5, 0.6) is 0 Å². The molecule has 3 atom stereocenters. The van der Waals surface area contributed by atoms with Crippen molar-refractivity contribution < 1.29 is 23.8 Å². The highest BCUT2D eigenvalue weighted by Crippen LogP contribution is 2.34. The van der Waals surface area contributed by atoms with Crippen LogP contribution < -0.4 is 5.73 Å². The second kappa shape index (κ2) is 9.28. The number of carbonyl (C=O) groups is 2. The number of hydrogen-bond donors (Lipinski definition) is 1. The van der Waals surface area contributed by atoms with Crippen molar-refractivity contribution in [1.29, 1.82) is 0 Å². The minimum Gasteiger partial charge on any atom is -0.459 e. The van der Waals surface area contributed by atoms with Gasteiger partial charge in [-0.15, -0.1) is 0 Å².